The Morgan fingerprint density at radius 2 is 1.48 bits per heavy atom. The number of carbonyl (C=O) groups excluding carboxylic acids is 2. The number of anilines is 1. The summed E-state index contributed by atoms with van der Waals surface area (Å²) in [6.45, 7) is 7.04. The lowest BCUT2D eigenvalue weighted by Gasteiger charge is -2.34. The van der Waals surface area contributed by atoms with Crippen molar-refractivity contribution in [2.45, 2.75) is 64.1 Å². The van der Waals surface area contributed by atoms with Gasteiger partial charge in [-0.25, -0.2) is 8.42 Å². The van der Waals surface area contributed by atoms with E-state index in [0.717, 1.165) is 21.0 Å². The Morgan fingerprint density at radius 3 is 2.11 bits per heavy atom. The molecule has 7 nitrogen and oxygen atoms in total. The largest absolute Gasteiger partial charge is 0.352 e. The second kappa shape index (κ2) is 15.6. The number of amides is 2. The van der Waals surface area contributed by atoms with Crippen molar-refractivity contribution in [1.82, 2.24) is 10.2 Å². The molecule has 0 heterocycles. The Balaban J connectivity index is 1.85. The van der Waals surface area contributed by atoms with Crippen molar-refractivity contribution in [3.05, 3.63) is 129 Å². The zero-order valence-corrected chi connectivity index (χ0v) is 28.7. The van der Waals surface area contributed by atoms with Gasteiger partial charge in [0.05, 0.1) is 20.6 Å². The summed E-state index contributed by atoms with van der Waals surface area (Å²) in [5.41, 5.74) is 3.47. The first-order valence-corrected chi connectivity index (χ1v) is 17.3. The molecule has 4 rings (SSSR count). The summed E-state index contributed by atoms with van der Waals surface area (Å²) < 4.78 is 29.6. The molecule has 0 aliphatic carbocycles. The first kappa shape index (κ1) is 35.0. The van der Waals surface area contributed by atoms with Gasteiger partial charge in [-0.3, -0.25) is 13.9 Å². The molecule has 10 heteroatoms. The van der Waals surface area contributed by atoms with E-state index < -0.39 is 28.5 Å². The molecule has 0 aliphatic rings. The summed E-state index contributed by atoms with van der Waals surface area (Å²) in [5, 5.41) is 3.70. The van der Waals surface area contributed by atoms with Crippen LogP contribution in [-0.4, -0.2) is 43.8 Å². The van der Waals surface area contributed by atoms with Crippen LogP contribution >= 0.6 is 23.2 Å². The Bertz CT molecular complexity index is 1770. The van der Waals surface area contributed by atoms with E-state index in [4.69, 9.17) is 23.2 Å². The molecule has 0 saturated carbocycles. The molecule has 4 aromatic carbocycles. The number of hydrogen-bond acceptors (Lipinski definition) is 4. The Labute approximate surface area is 282 Å². The molecular formula is C36H39Cl2N3O4S. The van der Waals surface area contributed by atoms with Crippen molar-refractivity contribution < 1.29 is 18.0 Å². The summed E-state index contributed by atoms with van der Waals surface area (Å²) in [6.07, 6.45) is 0.908. The summed E-state index contributed by atoms with van der Waals surface area (Å²) >= 11 is 12.6. The average Bonchev–Trinajstić information content (AvgIpc) is 3.05. The van der Waals surface area contributed by atoms with Crippen molar-refractivity contribution in [2.75, 3.05) is 10.8 Å². The Kier molecular flexibility index (Phi) is 11.9. The molecule has 46 heavy (non-hydrogen) atoms. The van der Waals surface area contributed by atoms with Crippen LogP contribution in [0.1, 0.15) is 42.5 Å². The number of hydrogen-bond donors (Lipinski definition) is 1. The molecule has 4 aromatic rings. The van der Waals surface area contributed by atoms with Crippen LogP contribution in [0.15, 0.2) is 102 Å². The fourth-order valence-electron chi connectivity index (χ4n) is 5.07. The summed E-state index contributed by atoms with van der Waals surface area (Å²) in [4.78, 5) is 30.1. The number of benzene rings is 4. The normalized spacial score (nSPS) is 12.7. The molecule has 0 bridgehead atoms. The fraction of sp³-hybridized carbons (Fsp3) is 0.278. The average molecular weight is 681 g/mol. The van der Waals surface area contributed by atoms with E-state index >= 15 is 0 Å². The number of nitrogens with one attached hydrogen (secondary N) is 1. The van der Waals surface area contributed by atoms with Gasteiger partial charge in [0, 0.05) is 19.0 Å². The van der Waals surface area contributed by atoms with Gasteiger partial charge in [-0.15, -0.1) is 0 Å². The monoisotopic (exact) mass is 679 g/mol. The van der Waals surface area contributed by atoms with Crippen molar-refractivity contribution in [1.29, 1.82) is 0 Å². The van der Waals surface area contributed by atoms with E-state index in [2.05, 4.69) is 5.32 Å². The molecule has 0 saturated heterocycles. The zero-order valence-electron chi connectivity index (χ0n) is 26.4. The first-order chi connectivity index (χ1) is 21.9. The molecule has 0 aliphatic heterocycles. The van der Waals surface area contributed by atoms with Gasteiger partial charge in [0.2, 0.25) is 11.8 Å². The van der Waals surface area contributed by atoms with Crippen molar-refractivity contribution >= 4 is 50.7 Å². The molecule has 1 N–H and O–H groups in total. The number of carbonyl (C=O) groups is 2. The molecule has 2 amide bonds. The maximum absolute atomic E-state index is 14.6. The highest BCUT2D eigenvalue weighted by Gasteiger charge is 2.35. The smallest absolute Gasteiger partial charge is 0.264 e. The predicted octanol–water partition coefficient (Wildman–Crippen LogP) is 7.36. The lowest BCUT2D eigenvalue weighted by atomic mass is 10.0. The van der Waals surface area contributed by atoms with E-state index in [1.807, 2.05) is 64.1 Å². The van der Waals surface area contributed by atoms with E-state index in [-0.39, 0.29) is 29.8 Å². The van der Waals surface area contributed by atoms with Gasteiger partial charge in [-0.2, -0.15) is 0 Å². The van der Waals surface area contributed by atoms with E-state index in [0.29, 0.717) is 27.7 Å². The van der Waals surface area contributed by atoms with E-state index in [9.17, 15) is 18.0 Å². The summed E-state index contributed by atoms with van der Waals surface area (Å²) in [5.74, 6) is -0.887. The number of nitrogens with zero attached hydrogens (tertiary/aromatic N) is 2. The molecular weight excluding hydrogens is 641 g/mol. The topological polar surface area (TPSA) is 86.8 Å². The maximum atomic E-state index is 14.6. The fourth-order valence-corrected chi connectivity index (χ4v) is 6.88. The van der Waals surface area contributed by atoms with Crippen LogP contribution < -0.4 is 9.62 Å². The van der Waals surface area contributed by atoms with Crippen LogP contribution in [0.25, 0.3) is 0 Å². The van der Waals surface area contributed by atoms with E-state index in [1.165, 1.54) is 17.0 Å². The number of sulfonamides is 1. The molecule has 0 unspecified atom stereocenters. The van der Waals surface area contributed by atoms with Crippen LogP contribution in [-0.2, 0) is 32.6 Å². The summed E-state index contributed by atoms with van der Waals surface area (Å²) in [6, 6.07) is 26.7. The highest BCUT2D eigenvalue weighted by molar-refractivity contribution is 7.92. The van der Waals surface area contributed by atoms with Gasteiger partial charge < -0.3 is 10.2 Å². The predicted molar refractivity (Wildman–Crippen MR) is 186 cm³/mol. The lowest BCUT2D eigenvalue weighted by Crippen LogP contribution is -2.54. The van der Waals surface area contributed by atoms with Crippen molar-refractivity contribution in [2.24, 2.45) is 0 Å². The Morgan fingerprint density at radius 1 is 0.826 bits per heavy atom. The van der Waals surface area contributed by atoms with Gasteiger partial charge in [0.1, 0.15) is 12.6 Å². The van der Waals surface area contributed by atoms with Crippen LogP contribution in [0.2, 0.25) is 10.0 Å². The number of aryl methyl sites for hydroxylation is 1. The SMILES string of the molecule is CC[C@H](C)NC(=O)[C@@H](Cc1ccccc1)N(Cc1ccc(Cl)c(Cl)c1)C(=O)CN(c1cccc(C)c1C)S(=O)(=O)c1ccccc1. The number of rotatable bonds is 13. The second-order valence-corrected chi connectivity index (χ2v) is 14.0. The lowest BCUT2D eigenvalue weighted by molar-refractivity contribution is -0.140. The van der Waals surface area contributed by atoms with Gasteiger partial charge in [-0.1, -0.05) is 96.9 Å². The third-order valence-corrected chi connectivity index (χ3v) is 10.6. The highest BCUT2D eigenvalue weighted by atomic mass is 35.5. The molecule has 0 fully saturated rings. The van der Waals surface area contributed by atoms with Crippen LogP contribution in [0.4, 0.5) is 5.69 Å². The van der Waals surface area contributed by atoms with E-state index in [1.54, 1.807) is 48.5 Å². The molecule has 0 aromatic heterocycles. The summed E-state index contributed by atoms with van der Waals surface area (Å²) in [7, 11) is -4.19. The maximum Gasteiger partial charge on any atom is 0.264 e. The van der Waals surface area contributed by atoms with Crippen LogP contribution in [0.3, 0.4) is 0 Å². The molecule has 242 valence electrons. The zero-order chi connectivity index (χ0) is 33.4. The molecule has 2 atom stereocenters. The molecule has 0 spiro atoms. The van der Waals surface area contributed by atoms with Crippen molar-refractivity contribution in [3.8, 4) is 0 Å². The third kappa shape index (κ3) is 8.49. The first-order valence-electron chi connectivity index (χ1n) is 15.1. The van der Waals surface area contributed by atoms with Gasteiger partial charge in [0.15, 0.2) is 0 Å². The van der Waals surface area contributed by atoms with Gasteiger partial charge in [0.25, 0.3) is 10.0 Å². The molecule has 0 radical (unpaired) electrons. The quantitative estimate of drug-likeness (QED) is 0.160. The number of halogens is 2. The van der Waals surface area contributed by atoms with Crippen LogP contribution in [0.5, 0.6) is 0 Å². The van der Waals surface area contributed by atoms with Gasteiger partial charge in [-0.05, 0) is 79.8 Å². The minimum absolute atomic E-state index is 0.00677. The third-order valence-electron chi connectivity index (χ3n) is 8.06. The Hall–Kier alpha value is -3.85. The standard InChI is InChI=1S/C36H39Cl2N3O4S/c1-5-26(3)39-36(43)34(22-28-14-8-6-9-15-28)40(23-29-19-20-31(37)32(38)21-29)35(42)24-41(33-18-12-13-25(2)27(33)4)46(44,45)30-16-10-7-11-17-30/h6-21,26,34H,5,22-24H2,1-4H3,(H,39,43)/t26-,34+/m0/s1. The van der Waals surface area contributed by atoms with Crippen molar-refractivity contribution in [3.63, 3.8) is 0 Å². The van der Waals surface area contributed by atoms with Gasteiger partial charge >= 0.3 is 0 Å². The highest BCUT2D eigenvalue weighted by Crippen LogP contribution is 2.30. The minimum Gasteiger partial charge on any atom is -0.352 e. The second-order valence-electron chi connectivity index (χ2n) is 11.3. The minimum atomic E-state index is -4.19. The van der Waals surface area contributed by atoms with Crippen LogP contribution in [0, 0.1) is 13.8 Å².